The van der Waals surface area contributed by atoms with Gasteiger partial charge < -0.3 is 15.3 Å². The normalized spacial score (nSPS) is 31.8. The Balaban J connectivity index is 2.68. The lowest BCUT2D eigenvalue weighted by atomic mass is 9.72. The second-order valence-corrected chi connectivity index (χ2v) is 7.52. The number of hydrogen-bond donors (Lipinski definition) is 2. The molecule has 1 rings (SSSR count). The summed E-state index contributed by atoms with van der Waals surface area (Å²) in [7, 11) is 0. The highest BCUT2D eigenvalue weighted by Crippen LogP contribution is 2.34. The van der Waals surface area contributed by atoms with E-state index in [1.165, 1.54) is 12.8 Å². The molecular formula is C17H36N2O. The number of hydrogen-bond acceptors (Lipinski definition) is 3. The largest absolute Gasteiger partial charge is 0.389 e. The van der Waals surface area contributed by atoms with Gasteiger partial charge in [-0.15, -0.1) is 0 Å². The third kappa shape index (κ3) is 5.71. The van der Waals surface area contributed by atoms with Gasteiger partial charge in [0.15, 0.2) is 0 Å². The standard InChI is InChI=1S/C17H36N2O/c1-7-18-16-10-13(3)9-14(4)15(16)11-19(8-2)12-17(5,6)20/h13-16,18,20H,7-12H2,1-6H3. The van der Waals surface area contributed by atoms with Gasteiger partial charge in [0.25, 0.3) is 0 Å². The van der Waals surface area contributed by atoms with E-state index in [0.717, 1.165) is 38.0 Å². The molecule has 0 aromatic heterocycles. The number of aliphatic hydroxyl groups is 1. The average molecular weight is 284 g/mol. The van der Waals surface area contributed by atoms with Crippen LogP contribution in [-0.2, 0) is 0 Å². The molecule has 0 amide bonds. The highest BCUT2D eigenvalue weighted by atomic mass is 16.3. The van der Waals surface area contributed by atoms with Crippen molar-refractivity contribution in [2.45, 2.75) is 66.0 Å². The summed E-state index contributed by atoms with van der Waals surface area (Å²) in [5, 5.41) is 13.8. The van der Waals surface area contributed by atoms with E-state index < -0.39 is 5.60 Å². The molecule has 1 aliphatic carbocycles. The van der Waals surface area contributed by atoms with Gasteiger partial charge in [-0.1, -0.05) is 27.7 Å². The van der Waals surface area contributed by atoms with Gasteiger partial charge in [0.1, 0.15) is 0 Å². The number of rotatable bonds is 7. The van der Waals surface area contributed by atoms with Crippen LogP contribution in [0.4, 0.5) is 0 Å². The summed E-state index contributed by atoms with van der Waals surface area (Å²) < 4.78 is 0. The first-order chi connectivity index (χ1) is 9.26. The molecule has 0 aliphatic heterocycles. The first-order valence-electron chi connectivity index (χ1n) is 8.44. The van der Waals surface area contributed by atoms with Crippen LogP contribution in [-0.4, -0.2) is 47.8 Å². The predicted octanol–water partition coefficient (Wildman–Crippen LogP) is 2.74. The quantitative estimate of drug-likeness (QED) is 0.754. The van der Waals surface area contributed by atoms with Crippen molar-refractivity contribution in [1.82, 2.24) is 10.2 Å². The Hall–Kier alpha value is -0.120. The zero-order valence-electron chi connectivity index (χ0n) is 14.4. The monoisotopic (exact) mass is 284 g/mol. The van der Waals surface area contributed by atoms with Gasteiger partial charge in [0, 0.05) is 19.1 Å². The van der Waals surface area contributed by atoms with E-state index >= 15 is 0 Å². The molecule has 1 saturated carbocycles. The van der Waals surface area contributed by atoms with Crippen molar-refractivity contribution in [3.8, 4) is 0 Å². The van der Waals surface area contributed by atoms with Gasteiger partial charge >= 0.3 is 0 Å². The Bertz CT molecular complexity index is 275. The van der Waals surface area contributed by atoms with E-state index in [4.69, 9.17) is 0 Å². The van der Waals surface area contributed by atoms with Crippen LogP contribution in [0.3, 0.4) is 0 Å². The third-order valence-electron chi connectivity index (χ3n) is 4.67. The highest BCUT2D eigenvalue weighted by Gasteiger charge is 2.34. The Kier molecular flexibility index (Phi) is 6.96. The molecule has 0 spiro atoms. The molecular weight excluding hydrogens is 248 g/mol. The Morgan fingerprint density at radius 1 is 1.20 bits per heavy atom. The number of likely N-dealkylation sites (N-methyl/N-ethyl adjacent to an activating group) is 1. The fraction of sp³-hybridized carbons (Fsp3) is 1.00. The first kappa shape index (κ1) is 17.9. The first-order valence-corrected chi connectivity index (χ1v) is 8.44. The zero-order chi connectivity index (χ0) is 15.3. The molecule has 3 nitrogen and oxygen atoms in total. The summed E-state index contributed by atoms with van der Waals surface area (Å²) in [6.45, 7) is 16.9. The maximum absolute atomic E-state index is 10.1. The lowest BCUT2D eigenvalue weighted by Gasteiger charge is -2.43. The van der Waals surface area contributed by atoms with Gasteiger partial charge in [0.05, 0.1) is 5.60 Å². The van der Waals surface area contributed by atoms with Gasteiger partial charge in [-0.05, 0) is 57.5 Å². The van der Waals surface area contributed by atoms with Crippen LogP contribution in [0.5, 0.6) is 0 Å². The van der Waals surface area contributed by atoms with Gasteiger partial charge in [-0.2, -0.15) is 0 Å². The molecule has 4 atom stereocenters. The molecule has 0 aromatic carbocycles. The molecule has 0 aromatic rings. The molecule has 0 heterocycles. The van der Waals surface area contributed by atoms with Crippen molar-refractivity contribution in [2.75, 3.05) is 26.2 Å². The minimum atomic E-state index is -0.602. The summed E-state index contributed by atoms with van der Waals surface area (Å²) in [6, 6.07) is 0.634. The van der Waals surface area contributed by atoms with Crippen LogP contribution >= 0.6 is 0 Å². The van der Waals surface area contributed by atoms with Crippen molar-refractivity contribution < 1.29 is 5.11 Å². The molecule has 0 bridgehead atoms. The third-order valence-corrected chi connectivity index (χ3v) is 4.67. The summed E-state index contributed by atoms with van der Waals surface area (Å²) in [6.07, 6.45) is 2.63. The maximum Gasteiger partial charge on any atom is 0.0718 e. The van der Waals surface area contributed by atoms with Crippen LogP contribution in [0.2, 0.25) is 0 Å². The molecule has 20 heavy (non-hydrogen) atoms. The van der Waals surface area contributed by atoms with Crippen LogP contribution < -0.4 is 5.32 Å². The summed E-state index contributed by atoms with van der Waals surface area (Å²) in [4.78, 5) is 2.42. The van der Waals surface area contributed by atoms with Crippen molar-refractivity contribution in [3.63, 3.8) is 0 Å². The van der Waals surface area contributed by atoms with Gasteiger partial charge in [0.2, 0.25) is 0 Å². The molecule has 1 fully saturated rings. The molecule has 4 unspecified atom stereocenters. The van der Waals surface area contributed by atoms with Gasteiger partial charge in [-0.25, -0.2) is 0 Å². The van der Waals surface area contributed by atoms with Crippen molar-refractivity contribution >= 4 is 0 Å². The van der Waals surface area contributed by atoms with Crippen LogP contribution in [0.1, 0.15) is 54.4 Å². The van der Waals surface area contributed by atoms with Gasteiger partial charge in [-0.3, -0.25) is 0 Å². The summed E-state index contributed by atoms with van der Waals surface area (Å²) in [5.41, 5.74) is -0.602. The van der Waals surface area contributed by atoms with Crippen LogP contribution in [0.25, 0.3) is 0 Å². The molecule has 2 N–H and O–H groups in total. The molecule has 0 saturated heterocycles. The van der Waals surface area contributed by atoms with E-state index in [0.29, 0.717) is 12.0 Å². The smallest absolute Gasteiger partial charge is 0.0718 e. The van der Waals surface area contributed by atoms with E-state index in [9.17, 15) is 5.11 Å². The topological polar surface area (TPSA) is 35.5 Å². The maximum atomic E-state index is 10.1. The van der Waals surface area contributed by atoms with Crippen LogP contribution in [0.15, 0.2) is 0 Å². The number of nitrogens with zero attached hydrogens (tertiary/aromatic N) is 1. The van der Waals surface area contributed by atoms with Crippen LogP contribution in [0, 0.1) is 17.8 Å². The van der Waals surface area contributed by atoms with Crippen molar-refractivity contribution in [3.05, 3.63) is 0 Å². The molecule has 120 valence electrons. The minimum absolute atomic E-state index is 0.602. The molecule has 1 aliphatic rings. The van der Waals surface area contributed by atoms with E-state index in [1.54, 1.807) is 0 Å². The molecule has 3 heteroatoms. The second kappa shape index (κ2) is 7.77. The SMILES string of the molecule is CCNC1CC(C)CC(C)C1CN(CC)CC(C)(C)O. The van der Waals surface area contributed by atoms with Crippen molar-refractivity contribution in [2.24, 2.45) is 17.8 Å². The lowest BCUT2D eigenvalue weighted by Crippen LogP contribution is -2.50. The van der Waals surface area contributed by atoms with E-state index in [2.05, 4.69) is 37.9 Å². The predicted molar refractivity (Wildman–Crippen MR) is 86.9 cm³/mol. The number of nitrogens with one attached hydrogen (secondary N) is 1. The van der Waals surface area contributed by atoms with E-state index in [1.807, 2.05) is 13.8 Å². The average Bonchev–Trinajstić information content (AvgIpc) is 2.30. The highest BCUT2D eigenvalue weighted by molar-refractivity contribution is 4.89. The second-order valence-electron chi connectivity index (χ2n) is 7.52. The Morgan fingerprint density at radius 3 is 2.35 bits per heavy atom. The Labute approximate surface area is 126 Å². The van der Waals surface area contributed by atoms with Crippen molar-refractivity contribution in [1.29, 1.82) is 0 Å². The molecule has 0 radical (unpaired) electrons. The summed E-state index contributed by atoms with van der Waals surface area (Å²) >= 11 is 0. The fourth-order valence-electron chi connectivity index (χ4n) is 3.87. The summed E-state index contributed by atoms with van der Waals surface area (Å²) in [5.74, 6) is 2.29. The zero-order valence-corrected chi connectivity index (χ0v) is 14.4. The minimum Gasteiger partial charge on any atom is -0.389 e. The fourth-order valence-corrected chi connectivity index (χ4v) is 3.87. The lowest BCUT2D eigenvalue weighted by molar-refractivity contribution is 0.0196. The Morgan fingerprint density at radius 2 is 1.85 bits per heavy atom. The van der Waals surface area contributed by atoms with E-state index in [-0.39, 0.29) is 0 Å².